The van der Waals surface area contributed by atoms with Crippen molar-refractivity contribution in [1.82, 2.24) is 5.32 Å². The molecule has 0 spiro atoms. The molecule has 138 valence electrons. The third kappa shape index (κ3) is 5.64. The van der Waals surface area contributed by atoms with E-state index in [1.807, 2.05) is 48.5 Å². The Morgan fingerprint density at radius 1 is 0.889 bits per heavy atom. The van der Waals surface area contributed by atoms with Crippen LogP contribution in [0, 0.1) is 0 Å². The summed E-state index contributed by atoms with van der Waals surface area (Å²) < 4.78 is 5.84. The smallest absolute Gasteiger partial charge is 0.319 e. The van der Waals surface area contributed by atoms with Gasteiger partial charge in [0.2, 0.25) is 0 Å². The predicted octanol–water partition coefficient (Wildman–Crippen LogP) is 6.15. The van der Waals surface area contributed by atoms with Crippen molar-refractivity contribution in [2.45, 2.75) is 6.42 Å². The number of carbonyl (C=O) groups is 1. The number of halogens is 2. The minimum absolute atomic E-state index is 0.306. The van der Waals surface area contributed by atoms with E-state index < -0.39 is 0 Å². The number of para-hydroxylation sites is 3. The lowest BCUT2D eigenvalue weighted by atomic mass is 10.1. The first-order chi connectivity index (χ1) is 13.1. The molecule has 3 aromatic carbocycles. The summed E-state index contributed by atoms with van der Waals surface area (Å²) in [7, 11) is 0. The van der Waals surface area contributed by atoms with Crippen molar-refractivity contribution in [2.24, 2.45) is 0 Å². The average molecular weight is 401 g/mol. The Labute approximate surface area is 168 Å². The van der Waals surface area contributed by atoms with Gasteiger partial charge in [-0.2, -0.15) is 0 Å². The van der Waals surface area contributed by atoms with Crippen LogP contribution in [0.2, 0.25) is 10.0 Å². The number of nitrogens with one attached hydrogen (secondary N) is 2. The Morgan fingerprint density at radius 3 is 2.41 bits per heavy atom. The number of amides is 2. The molecular weight excluding hydrogens is 383 g/mol. The van der Waals surface area contributed by atoms with Crippen molar-refractivity contribution in [2.75, 3.05) is 11.9 Å². The number of urea groups is 1. The molecule has 0 unspecified atom stereocenters. The van der Waals surface area contributed by atoms with Gasteiger partial charge in [0.1, 0.15) is 5.75 Å². The summed E-state index contributed by atoms with van der Waals surface area (Å²) >= 11 is 11.9. The molecule has 0 saturated carbocycles. The maximum Gasteiger partial charge on any atom is 0.319 e. The Hall–Kier alpha value is -2.69. The van der Waals surface area contributed by atoms with Gasteiger partial charge in [-0.15, -0.1) is 0 Å². The normalized spacial score (nSPS) is 10.3. The Morgan fingerprint density at radius 2 is 1.63 bits per heavy atom. The largest absolute Gasteiger partial charge is 0.455 e. The van der Waals surface area contributed by atoms with Crippen molar-refractivity contribution in [1.29, 1.82) is 0 Å². The molecule has 0 aromatic heterocycles. The Bertz CT molecular complexity index is 917. The summed E-state index contributed by atoms with van der Waals surface area (Å²) in [6.45, 7) is 0.464. The van der Waals surface area contributed by atoms with Gasteiger partial charge in [-0.25, -0.2) is 4.79 Å². The van der Waals surface area contributed by atoms with E-state index >= 15 is 0 Å². The maximum atomic E-state index is 12.2. The molecule has 0 aliphatic heterocycles. The third-order valence-electron chi connectivity index (χ3n) is 3.79. The van der Waals surface area contributed by atoms with Crippen LogP contribution in [-0.4, -0.2) is 12.6 Å². The third-order valence-corrected chi connectivity index (χ3v) is 4.53. The van der Waals surface area contributed by atoms with E-state index in [-0.39, 0.29) is 6.03 Å². The van der Waals surface area contributed by atoms with Crippen LogP contribution in [-0.2, 0) is 6.42 Å². The van der Waals surface area contributed by atoms with Crippen molar-refractivity contribution >= 4 is 34.9 Å². The Balaban J connectivity index is 1.55. The summed E-state index contributed by atoms with van der Waals surface area (Å²) in [6, 6.07) is 21.8. The van der Waals surface area contributed by atoms with Gasteiger partial charge in [0.25, 0.3) is 0 Å². The van der Waals surface area contributed by atoms with Crippen molar-refractivity contribution < 1.29 is 9.53 Å². The summed E-state index contributed by atoms with van der Waals surface area (Å²) in [4.78, 5) is 12.2. The zero-order valence-electron chi connectivity index (χ0n) is 14.4. The summed E-state index contributed by atoms with van der Waals surface area (Å²) in [5.74, 6) is 1.27. The molecule has 4 nitrogen and oxygen atoms in total. The first kappa shape index (κ1) is 19.1. The van der Waals surface area contributed by atoms with Gasteiger partial charge in [0, 0.05) is 6.54 Å². The molecule has 0 aliphatic rings. The van der Waals surface area contributed by atoms with E-state index in [1.165, 1.54) is 0 Å². The quantitative estimate of drug-likeness (QED) is 0.521. The molecule has 0 saturated heterocycles. The zero-order chi connectivity index (χ0) is 19.1. The second-order valence-electron chi connectivity index (χ2n) is 5.79. The fraction of sp³-hybridized carbons (Fsp3) is 0.0952. The second-order valence-corrected chi connectivity index (χ2v) is 6.61. The van der Waals surface area contributed by atoms with Crippen LogP contribution in [0.25, 0.3) is 0 Å². The summed E-state index contributed by atoms with van der Waals surface area (Å²) in [5, 5.41) is 6.66. The van der Waals surface area contributed by atoms with Crippen LogP contribution in [0.1, 0.15) is 5.56 Å². The molecule has 0 radical (unpaired) electrons. The van der Waals surface area contributed by atoms with Crippen LogP contribution in [0.3, 0.4) is 0 Å². The standard InChI is InChI=1S/C21H18Cl2N2O2/c22-17-11-10-15(14-18(17)23)12-13-24-21(26)25-19-8-4-5-9-20(19)27-16-6-2-1-3-7-16/h1-11,14H,12-13H2,(H2,24,25,26). The van der Waals surface area contributed by atoms with Gasteiger partial charge in [-0.1, -0.05) is 59.6 Å². The van der Waals surface area contributed by atoms with Gasteiger partial charge in [0.15, 0.2) is 5.75 Å². The van der Waals surface area contributed by atoms with E-state index in [9.17, 15) is 4.79 Å². The fourth-order valence-corrected chi connectivity index (χ4v) is 2.78. The number of hydrogen-bond acceptors (Lipinski definition) is 2. The molecule has 0 aliphatic carbocycles. The van der Waals surface area contributed by atoms with Crippen LogP contribution >= 0.6 is 23.2 Å². The highest BCUT2D eigenvalue weighted by Crippen LogP contribution is 2.29. The van der Waals surface area contributed by atoms with Crippen LogP contribution in [0.15, 0.2) is 72.8 Å². The van der Waals surface area contributed by atoms with E-state index in [1.54, 1.807) is 24.3 Å². The van der Waals surface area contributed by atoms with E-state index in [0.29, 0.717) is 40.2 Å². The molecule has 0 atom stereocenters. The van der Waals surface area contributed by atoms with Crippen LogP contribution < -0.4 is 15.4 Å². The minimum atomic E-state index is -0.306. The molecule has 0 fully saturated rings. The molecule has 0 bridgehead atoms. The van der Waals surface area contributed by atoms with Crippen molar-refractivity contribution in [3.8, 4) is 11.5 Å². The molecular formula is C21H18Cl2N2O2. The fourth-order valence-electron chi connectivity index (χ4n) is 2.46. The number of rotatable bonds is 6. The number of anilines is 1. The Kier molecular flexibility index (Phi) is 6.58. The highest BCUT2D eigenvalue weighted by Gasteiger charge is 2.08. The molecule has 27 heavy (non-hydrogen) atoms. The lowest BCUT2D eigenvalue weighted by molar-refractivity contribution is 0.252. The highest BCUT2D eigenvalue weighted by atomic mass is 35.5. The van der Waals surface area contributed by atoms with Crippen molar-refractivity contribution in [3.05, 3.63) is 88.4 Å². The van der Waals surface area contributed by atoms with Crippen molar-refractivity contribution in [3.63, 3.8) is 0 Å². The monoisotopic (exact) mass is 400 g/mol. The zero-order valence-corrected chi connectivity index (χ0v) is 15.9. The number of ether oxygens (including phenoxy) is 1. The number of benzene rings is 3. The number of carbonyl (C=O) groups excluding carboxylic acids is 1. The van der Waals surface area contributed by atoms with Crippen LogP contribution in [0.5, 0.6) is 11.5 Å². The van der Waals surface area contributed by atoms with E-state index in [0.717, 1.165) is 5.56 Å². The SMILES string of the molecule is O=C(NCCc1ccc(Cl)c(Cl)c1)Nc1ccccc1Oc1ccccc1. The molecule has 3 rings (SSSR count). The first-order valence-corrected chi connectivity index (χ1v) is 9.18. The number of hydrogen-bond donors (Lipinski definition) is 2. The second kappa shape index (κ2) is 9.31. The van der Waals surface area contributed by atoms with E-state index in [4.69, 9.17) is 27.9 Å². The van der Waals surface area contributed by atoms with E-state index in [2.05, 4.69) is 10.6 Å². The molecule has 0 heterocycles. The lowest BCUT2D eigenvalue weighted by Crippen LogP contribution is -2.30. The predicted molar refractivity (Wildman–Crippen MR) is 110 cm³/mol. The van der Waals surface area contributed by atoms with Gasteiger partial charge < -0.3 is 15.4 Å². The first-order valence-electron chi connectivity index (χ1n) is 8.42. The van der Waals surface area contributed by atoms with Gasteiger partial charge in [-0.05, 0) is 48.4 Å². The van der Waals surface area contributed by atoms with Gasteiger partial charge in [-0.3, -0.25) is 0 Å². The lowest BCUT2D eigenvalue weighted by Gasteiger charge is -2.13. The van der Waals surface area contributed by atoms with Gasteiger partial charge >= 0.3 is 6.03 Å². The maximum absolute atomic E-state index is 12.2. The van der Waals surface area contributed by atoms with Crippen LogP contribution in [0.4, 0.5) is 10.5 Å². The molecule has 2 N–H and O–H groups in total. The average Bonchev–Trinajstić information content (AvgIpc) is 2.67. The summed E-state index contributed by atoms with van der Waals surface area (Å²) in [5.41, 5.74) is 1.59. The minimum Gasteiger partial charge on any atom is -0.455 e. The highest BCUT2D eigenvalue weighted by molar-refractivity contribution is 6.42. The van der Waals surface area contributed by atoms with Gasteiger partial charge in [0.05, 0.1) is 15.7 Å². The summed E-state index contributed by atoms with van der Waals surface area (Å²) in [6.07, 6.45) is 0.645. The topological polar surface area (TPSA) is 50.4 Å². The molecule has 3 aromatic rings. The molecule has 6 heteroatoms. The molecule has 2 amide bonds.